The summed E-state index contributed by atoms with van der Waals surface area (Å²) in [7, 11) is 0.478. The number of halogens is 2. The molecule has 0 amide bonds. The van der Waals surface area contributed by atoms with Gasteiger partial charge in [0.1, 0.15) is 0 Å². The second-order valence-electron chi connectivity index (χ2n) is 1.39. The molecule has 0 fully saturated rings. The molecule has 0 aromatic rings. The second kappa shape index (κ2) is 5.58. The Labute approximate surface area is 88.0 Å². The van der Waals surface area contributed by atoms with E-state index in [1.165, 1.54) is 0 Å². The quantitative estimate of drug-likeness (QED) is 0.298. The van der Waals surface area contributed by atoms with Crippen molar-refractivity contribution in [3.8, 4) is 0 Å². The first-order chi connectivity index (χ1) is 6.21. The van der Waals surface area contributed by atoms with Gasteiger partial charge >= 0.3 is 18.7 Å². The predicted octanol–water partition coefficient (Wildman–Crippen LogP) is 0.321. The maximum absolute atomic E-state index is 10.0. The lowest BCUT2D eigenvalue weighted by Crippen LogP contribution is -1.96. The van der Waals surface area contributed by atoms with Crippen molar-refractivity contribution < 1.29 is 35.3 Å². The van der Waals surface area contributed by atoms with Crippen molar-refractivity contribution in [1.82, 2.24) is 0 Å². The molecule has 12 heteroatoms. The summed E-state index contributed by atoms with van der Waals surface area (Å²) in [5, 5.41) is 0. The van der Waals surface area contributed by atoms with Crippen LogP contribution in [-0.4, -0.2) is 16.8 Å². The lowest BCUT2D eigenvalue weighted by atomic mass is 11.1. The summed E-state index contributed by atoms with van der Waals surface area (Å²) in [4.78, 5) is 7.54. The average Bonchev–Trinajstić information content (AvgIpc) is 1.92. The largest absolute Gasteiger partial charge is 0.390 e. The highest BCUT2D eigenvalue weighted by molar-refractivity contribution is 8.10. The molecule has 0 atom stereocenters. The molecule has 0 radical (unpaired) electrons. The Bertz CT molecular complexity index is 342. The van der Waals surface area contributed by atoms with E-state index in [0.29, 0.717) is 12.5 Å². The summed E-state index contributed by atoms with van der Waals surface area (Å²) in [5.41, 5.74) is 0. The topological polar surface area (TPSA) is 105 Å². The lowest BCUT2D eigenvalue weighted by Gasteiger charge is -1.94. The normalized spacial score (nSPS) is 13.0. The van der Waals surface area contributed by atoms with Gasteiger partial charge in [0.2, 0.25) is 0 Å². The molecule has 0 unspecified atom stereocenters. The summed E-state index contributed by atoms with van der Waals surface area (Å²) < 4.78 is 47.1. The minimum atomic E-state index is -4.28. The molecule has 0 aliphatic rings. The van der Waals surface area contributed by atoms with E-state index in [1.807, 2.05) is 0 Å². The third-order valence-electron chi connectivity index (χ3n) is 0.408. The van der Waals surface area contributed by atoms with E-state index in [-0.39, 0.29) is 0 Å². The number of hydrogen-bond donors (Lipinski definition) is 0. The summed E-state index contributed by atoms with van der Waals surface area (Å²) in [6.45, 7) is 0. The van der Waals surface area contributed by atoms with Crippen LogP contribution in [0.15, 0.2) is 12.5 Å². The molecule has 0 aromatic carbocycles. The molecule has 0 N–H and O–H groups in total. The minimum Gasteiger partial charge on any atom is -0.325 e. The molecule has 0 saturated heterocycles. The van der Waals surface area contributed by atoms with Crippen LogP contribution in [0.4, 0.5) is 0 Å². The van der Waals surface area contributed by atoms with Crippen LogP contribution in [0.3, 0.4) is 0 Å². The molecule has 0 aliphatic heterocycles. The molecule has 0 heterocycles. The third kappa shape index (κ3) is 11.7. The van der Waals surface area contributed by atoms with Crippen LogP contribution in [0.1, 0.15) is 0 Å². The van der Waals surface area contributed by atoms with Gasteiger partial charge in [-0.05, 0) is 8.67 Å². The van der Waals surface area contributed by atoms with Crippen LogP contribution in [0.5, 0.6) is 0 Å². The molecule has 0 saturated carbocycles. The summed E-state index contributed by atoms with van der Waals surface area (Å²) in [6.07, 6.45) is 0.976. The van der Waals surface area contributed by atoms with Crippen molar-refractivity contribution in [1.29, 1.82) is 0 Å². The molecule has 0 aliphatic carbocycles. The molecular formula is C2H2Cl2O8S2. The summed E-state index contributed by atoms with van der Waals surface area (Å²) in [5.74, 6) is 0. The van der Waals surface area contributed by atoms with E-state index in [0.717, 1.165) is 0 Å². The zero-order valence-corrected chi connectivity index (χ0v) is 9.14. The first-order valence-electron chi connectivity index (χ1n) is 2.45. The van der Waals surface area contributed by atoms with E-state index in [2.05, 4.69) is 39.8 Å². The fourth-order valence-electron chi connectivity index (χ4n) is 0.185. The Morgan fingerprint density at radius 1 is 0.786 bits per heavy atom. The van der Waals surface area contributed by atoms with Crippen molar-refractivity contribution in [3.63, 3.8) is 0 Å². The van der Waals surface area contributed by atoms with Crippen LogP contribution in [-0.2, 0) is 37.1 Å². The zero-order chi connectivity index (χ0) is 11.2. The monoisotopic (exact) mass is 288 g/mol. The summed E-state index contributed by atoms with van der Waals surface area (Å²) >= 11 is 0. The van der Waals surface area contributed by atoms with Gasteiger partial charge in [-0.2, -0.15) is 16.8 Å². The fraction of sp³-hybridized carbons (Fsp3) is 0. The van der Waals surface area contributed by atoms with Crippen molar-refractivity contribution in [3.05, 3.63) is 12.5 Å². The van der Waals surface area contributed by atoms with Crippen LogP contribution in [0, 0.1) is 0 Å². The Kier molecular flexibility index (Phi) is 5.48. The Hall–Kier alpha value is -0.260. The molecule has 14 heavy (non-hydrogen) atoms. The highest BCUT2D eigenvalue weighted by Gasteiger charge is 2.05. The van der Waals surface area contributed by atoms with Gasteiger partial charge in [0.25, 0.3) is 0 Å². The van der Waals surface area contributed by atoms with E-state index in [1.54, 1.807) is 0 Å². The predicted molar refractivity (Wildman–Crippen MR) is 43.0 cm³/mol. The van der Waals surface area contributed by atoms with Crippen LogP contribution >= 0.6 is 21.4 Å². The Morgan fingerprint density at radius 2 is 1.07 bits per heavy atom. The zero-order valence-electron chi connectivity index (χ0n) is 5.99. The SMILES string of the molecule is O=S(=O)(Cl)OOC=COOS(=O)(=O)Cl. The van der Waals surface area contributed by atoms with E-state index in [4.69, 9.17) is 0 Å². The molecule has 0 rings (SSSR count). The van der Waals surface area contributed by atoms with Gasteiger partial charge in [-0.25, -0.2) is 0 Å². The fourth-order valence-corrected chi connectivity index (χ4v) is 0.641. The van der Waals surface area contributed by atoms with Crippen LogP contribution < -0.4 is 0 Å². The highest BCUT2D eigenvalue weighted by Crippen LogP contribution is 2.01. The molecular weight excluding hydrogens is 287 g/mol. The molecule has 0 bridgehead atoms. The van der Waals surface area contributed by atoms with Crippen molar-refractivity contribution in [2.45, 2.75) is 0 Å². The van der Waals surface area contributed by atoms with Gasteiger partial charge in [0.05, 0.1) is 21.4 Å². The van der Waals surface area contributed by atoms with E-state index >= 15 is 0 Å². The molecule has 84 valence electrons. The Morgan fingerprint density at radius 3 is 1.29 bits per heavy atom. The van der Waals surface area contributed by atoms with Gasteiger partial charge in [-0.3, -0.25) is 0 Å². The van der Waals surface area contributed by atoms with Gasteiger partial charge in [-0.15, -0.1) is 0 Å². The summed E-state index contributed by atoms with van der Waals surface area (Å²) in [6, 6.07) is 0. The maximum atomic E-state index is 10.0. The van der Waals surface area contributed by atoms with Crippen molar-refractivity contribution >= 4 is 40.0 Å². The number of rotatable bonds is 6. The van der Waals surface area contributed by atoms with Gasteiger partial charge in [0.15, 0.2) is 12.5 Å². The van der Waals surface area contributed by atoms with Crippen LogP contribution in [0.25, 0.3) is 0 Å². The second-order valence-corrected chi connectivity index (χ2v) is 5.50. The van der Waals surface area contributed by atoms with E-state index < -0.39 is 18.7 Å². The maximum Gasteiger partial charge on any atom is 0.390 e. The lowest BCUT2D eigenvalue weighted by molar-refractivity contribution is -0.166. The average molecular weight is 289 g/mol. The first-order valence-corrected chi connectivity index (χ1v) is 6.92. The minimum absolute atomic E-state index is 0.488. The van der Waals surface area contributed by atoms with Crippen molar-refractivity contribution in [2.75, 3.05) is 0 Å². The third-order valence-corrected chi connectivity index (χ3v) is 1.20. The van der Waals surface area contributed by atoms with Gasteiger partial charge < -0.3 is 9.78 Å². The molecule has 0 spiro atoms. The Balaban J connectivity index is 3.67. The van der Waals surface area contributed by atoms with Gasteiger partial charge in [0, 0.05) is 0 Å². The standard InChI is InChI=1S/C2H2Cl2O8S2/c3-13(5,6)11-9-1-2-10-12-14(4,7)8/h1-2H. The molecule has 8 nitrogen and oxygen atoms in total. The van der Waals surface area contributed by atoms with Crippen molar-refractivity contribution in [2.24, 2.45) is 0 Å². The molecule has 0 aromatic heterocycles. The first kappa shape index (κ1) is 13.7. The highest BCUT2D eigenvalue weighted by atomic mass is 35.7. The number of hydrogen-bond acceptors (Lipinski definition) is 8. The smallest absolute Gasteiger partial charge is 0.325 e. The van der Waals surface area contributed by atoms with Crippen LogP contribution in [0.2, 0.25) is 0 Å². The van der Waals surface area contributed by atoms with Gasteiger partial charge in [-0.1, -0.05) is 0 Å². The van der Waals surface area contributed by atoms with E-state index in [9.17, 15) is 16.8 Å².